The summed E-state index contributed by atoms with van der Waals surface area (Å²) in [5, 5.41) is 12.9. The highest BCUT2D eigenvalue weighted by Gasteiger charge is 2.21. The van der Waals surface area contributed by atoms with Crippen LogP contribution in [0.2, 0.25) is 0 Å². The molecule has 0 saturated carbocycles. The molecule has 134 valence electrons. The molecule has 9 heteroatoms. The van der Waals surface area contributed by atoms with E-state index in [-0.39, 0.29) is 35.0 Å². The molecule has 1 aromatic rings. The van der Waals surface area contributed by atoms with Gasteiger partial charge in [-0.1, -0.05) is 6.92 Å². The number of amides is 2. The van der Waals surface area contributed by atoms with E-state index in [1.165, 1.54) is 24.1 Å². The van der Waals surface area contributed by atoms with E-state index in [1.54, 1.807) is 6.92 Å². The maximum Gasteiger partial charge on any atom is 0.261 e. The van der Waals surface area contributed by atoms with Gasteiger partial charge in [0.25, 0.3) is 17.2 Å². The Labute approximate surface area is 144 Å². The molecule has 0 heterocycles. The van der Waals surface area contributed by atoms with E-state index < -0.39 is 17.2 Å². The smallest absolute Gasteiger partial charge is 0.261 e. The number of phenolic OH excluding ortho intramolecular Hbond substituents is 1. The van der Waals surface area contributed by atoms with Crippen molar-refractivity contribution in [2.45, 2.75) is 27.2 Å². The van der Waals surface area contributed by atoms with Crippen LogP contribution in [0.5, 0.6) is 5.75 Å². The number of hydrogen-bond donors (Lipinski definition) is 3. The van der Waals surface area contributed by atoms with Crippen molar-refractivity contribution in [3.05, 3.63) is 17.7 Å². The minimum atomic E-state index is -1.81. The highest BCUT2D eigenvalue weighted by atomic mass is 32.2. The molecule has 0 spiro atoms. The number of carbonyl (C=O) groups is 2. The highest BCUT2D eigenvalue weighted by Crippen LogP contribution is 2.33. The lowest BCUT2D eigenvalue weighted by molar-refractivity contribution is -0.115. The third-order valence-electron chi connectivity index (χ3n) is 3.34. The van der Waals surface area contributed by atoms with Gasteiger partial charge in [-0.05, 0) is 26.0 Å². The second-order valence-electron chi connectivity index (χ2n) is 4.80. The standard InChI is InChI=1S/C15H23N3O5S/c1-5-13(19)16-12-9-10(17-24(22)23-4)8-11(14(12)20)15(21)18(6-2)7-3/h8-9,17,20H,5-7H2,1-4H3,(H,16,19). The first-order chi connectivity index (χ1) is 11.4. The summed E-state index contributed by atoms with van der Waals surface area (Å²) in [6, 6.07) is 2.76. The third kappa shape index (κ3) is 4.93. The Kier molecular flexibility index (Phi) is 7.66. The topological polar surface area (TPSA) is 108 Å². The van der Waals surface area contributed by atoms with Crippen molar-refractivity contribution in [3.63, 3.8) is 0 Å². The van der Waals surface area contributed by atoms with E-state index in [1.807, 2.05) is 13.8 Å². The van der Waals surface area contributed by atoms with Gasteiger partial charge in [0.1, 0.15) is 0 Å². The van der Waals surface area contributed by atoms with E-state index in [9.17, 15) is 18.9 Å². The van der Waals surface area contributed by atoms with Gasteiger partial charge in [-0.2, -0.15) is 0 Å². The molecule has 2 amide bonds. The Morgan fingerprint density at radius 3 is 2.38 bits per heavy atom. The van der Waals surface area contributed by atoms with E-state index in [0.717, 1.165) is 0 Å². The predicted molar refractivity (Wildman–Crippen MR) is 93.1 cm³/mol. The van der Waals surface area contributed by atoms with Crippen molar-refractivity contribution in [1.29, 1.82) is 0 Å². The number of phenols is 1. The zero-order chi connectivity index (χ0) is 18.3. The van der Waals surface area contributed by atoms with Crippen LogP contribution in [-0.4, -0.2) is 46.2 Å². The molecular weight excluding hydrogens is 334 g/mol. The lowest BCUT2D eigenvalue weighted by Gasteiger charge is -2.21. The van der Waals surface area contributed by atoms with Gasteiger partial charge in [0, 0.05) is 19.5 Å². The summed E-state index contributed by atoms with van der Waals surface area (Å²) in [4.78, 5) is 25.7. The molecule has 1 unspecified atom stereocenters. The second-order valence-corrected chi connectivity index (χ2v) is 5.81. The SMILES string of the molecule is CCC(=O)Nc1cc(NS(=O)OC)cc(C(=O)N(CC)CC)c1O. The van der Waals surface area contributed by atoms with Crippen LogP contribution in [0, 0.1) is 0 Å². The monoisotopic (exact) mass is 357 g/mol. The molecular formula is C15H23N3O5S. The summed E-state index contributed by atoms with van der Waals surface area (Å²) in [5.41, 5.74) is 0.341. The maximum atomic E-state index is 12.6. The summed E-state index contributed by atoms with van der Waals surface area (Å²) in [7, 11) is 1.26. The summed E-state index contributed by atoms with van der Waals surface area (Å²) in [6.45, 7) is 6.23. The lowest BCUT2D eigenvalue weighted by Crippen LogP contribution is -2.30. The van der Waals surface area contributed by atoms with Gasteiger partial charge < -0.3 is 15.3 Å². The Hall–Kier alpha value is -2.13. The largest absolute Gasteiger partial charge is 0.505 e. The third-order valence-corrected chi connectivity index (χ3v) is 4.04. The number of nitrogens with one attached hydrogen (secondary N) is 2. The Morgan fingerprint density at radius 1 is 1.25 bits per heavy atom. The van der Waals surface area contributed by atoms with Crippen LogP contribution in [-0.2, 0) is 20.2 Å². The summed E-state index contributed by atoms with van der Waals surface area (Å²) in [6.07, 6.45) is 0.209. The van der Waals surface area contributed by atoms with Gasteiger partial charge in [-0.3, -0.25) is 18.5 Å². The molecule has 1 aromatic carbocycles. The van der Waals surface area contributed by atoms with Crippen molar-refractivity contribution in [3.8, 4) is 5.75 Å². The van der Waals surface area contributed by atoms with Crippen LogP contribution in [0.15, 0.2) is 12.1 Å². The normalized spacial score (nSPS) is 11.7. The van der Waals surface area contributed by atoms with Crippen molar-refractivity contribution >= 4 is 34.5 Å². The number of hydrogen-bond acceptors (Lipinski definition) is 5. The molecule has 0 saturated heterocycles. The van der Waals surface area contributed by atoms with E-state index in [2.05, 4.69) is 14.2 Å². The molecule has 1 atom stereocenters. The number of nitrogens with zero attached hydrogens (tertiary/aromatic N) is 1. The Balaban J connectivity index is 3.36. The van der Waals surface area contributed by atoms with Crippen molar-refractivity contribution < 1.29 is 23.1 Å². The Morgan fingerprint density at radius 2 is 1.88 bits per heavy atom. The van der Waals surface area contributed by atoms with E-state index >= 15 is 0 Å². The quantitative estimate of drug-likeness (QED) is 0.486. The molecule has 0 aliphatic heterocycles. The molecule has 3 N–H and O–H groups in total. The Bertz CT molecular complexity index is 632. The highest BCUT2D eigenvalue weighted by molar-refractivity contribution is 7.81. The molecule has 0 aliphatic rings. The van der Waals surface area contributed by atoms with Crippen molar-refractivity contribution in [2.24, 2.45) is 0 Å². The molecule has 8 nitrogen and oxygen atoms in total. The number of rotatable bonds is 8. The number of anilines is 2. The molecule has 0 aliphatic carbocycles. The summed E-state index contributed by atoms with van der Waals surface area (Å²) < 4.78 is 18.7. The molecule has 0 bridgehead atoms. The summed E-state index contributed by atoms with van der Waals surface area (Å²) >= 11 is -1.81. The first kappa shape index (κ1) is 19.9. The van der Waals surface area contributed by atoms with Gasteiger partial charge in [-0.25, -0.2) is 4.21 Å². The second kappa shape index (κ2) is 9.24. The fourth-order valence-corrected chi connectivity index (χ4v) is 2.40. The first-order valence-corrected chi connectivity index (χ1v) is 8.64. The van der Waals surface area contributed by atoms with Crippen LogP contribution in [0.25, 0.3) is 0 Å². The van der Waals surface area contributed by atoms with E-state index in [0.29, 0.717) is 13.1 Å². The van der Waals surface area contributed by atoms with Gasteiger partial charge in [-0.15, -0.1) is 0 Å². The summed E-state index contributed by atoms with van der Waals surface area (Å²) in [5.74, 6) is -1.05. The molecule has 0 aromatic heterocycles. The van der Waals surface area contributed by atoms with Crippen LogP contribution in [0.1, 0.15) is 37.6 Å². The minimum absolute atomic E-state index is 0.00297. The van der Waals surface area contributed by atoms with Crippen molar-refractivity contribution in [2.75, 3.05) is 30.2 Å². The average Bonchev–Trinajstić information content (AvgIpc) is 2.58. The van der Waals surface area contributed by atoms with Gasteiger partial charge >= 0.3 is 0 Å². The zero-order valence-electron chi connectivity index (χ0n) is 14.2. The predicted octanol–water partition coefficient (Wildman–Crippen LogP) is 1.86. The zero-order valence-corrected chi connectivity index (χ0v) is 15.0. The van der Waals surface area contributed by atoms with Gasteiger partial charge in [0.05, 0.1) is 24.0 Å². The van der Waals surface area contributed by atoms with Crippen LogP contribution >= 0.6 is 0 Å². The average molecular weight is 357 g/mol. The van der Waals surface area contributed by atoms with Crippen LogP contribution in [0.4, 0.5) is 11.4 Å². The fourth-order valence-electron chi connectivity index (χ4n) is 2.01. The maximum absolute atomic E-state index is 12.6. The molecule has 0 radical (unpaired) electrons. The lowest BCUT2D eigenvalue weighted by atomic mass is 10.1. The van der Waals surface area contributed by atoms with E-state index in [4.69, 9.17) is 0 Å². The van der Waals surface area contributed by atoms with Gasteiger partial charge in [0.15, 0.2) is 5.75 Å². The number of carbonyl (C=O) groups excluding carboxylic acids is 2. The van der Waals surface area contributed by atoms with Crippen LogP contribution in [0.3, 0.4) is 0 Å². The molecule has 24 heavy (non-hydrogen) atoms. The molecule has 1 rings (SSSR count). The number of aromatic hydroxyl groups is 1. The van der Waals surface area contributed by atoms with Crippen molar-refractivity contribution in [1.82, 2.24) is 4.90 Å². The molecule has 0 fully saturated rings. The van der Waals surface area contributed by atoms with Gasteiger partial charge in [0.2, 0.25) is 5.91 Å². The fraction of sp³-hybridized carbons (Fsp3) is 0.467. The first-order valence-electron chi connectivity index (χ1n) is 7.56. The minimum Gasteiger partial charge on any atom is -0.505 e. The number of benzene rings is 1. The van der Waals surface area contributed by atoms with Crippen LogP contribution < -0.4 is 10.0 Å².